The van der Waals surface area contributed by atoms with Gasteiger partial charge in [-0.05, 0) is 25.3 Å². The second-order valence-corrected chi connectivity index (χ2v) is 5.81. The van der Waals surface area contributed by atoms with Crippen molar-refractivity contribution < 1.29 is 9.59 Å². The molecule has 1 rings (SSSR count). The van der Waals surface area contributed by atoms with E-state index in [0.29, 0.717) is 6.54 Å². The van der Waals surface area contributed by atoms with Gasteiger partial charge in [-0.2, -0.15) is 0 Å². The average Bonchev–Trinajstić information content (AvgIpc) is 2.84. The number of rotatable bonds is 5. The minimum atomic E-state index is -0.682. The van der Waals surface area contributed by atoms with E-state index in [4.69, 9.17) is 5.73 Å². The monoisotopic (exact) mass is 299 g/mol. The second kappa shape index (κ2) is 7.20. The summed E-state index contributed by atoms with van der Waals surface area (Å²) >= 11 is 6.20. The summed E-state index contributed by atoms with van der Waals surface area (Å²) in [5.41, 5.74) is 5.28. The van der Waals surface area contributed by atoms with Crippen LogP contribution in [0.3, 0.4) is 0 Å². The van der Waals surface area contributed by atoms with Crippen LogP contribution in [0.15, 0.2) is 17.5 Å². The number of hydrogen-bond donors (Lipinski definition) is 2. The van der Waals surface area contributed by atoms with Crippen molar-refractivity contribution in [1.29, 1.82) is 0 Å². The molecule has 0 aliphatic carbocycles. The van der Waals surface area contributed by atoms with Crippen LogP contribution in [0.1, 0.15) is 18.7 Å². The summed E-state index contributed by atoms with van der Waals surface area (Å²) in [4.78, 5) is 26.5. The van der Waals surface area contributed by atoms with Crippen LogP contribution >= 0.6 is 23.6 Å². The number of amides is 2. The van der Waals surface area contributed by atoms with Gasteiger partial charge in [-0.25, -0.2) is 0 Å². The molecule has 1 heterocycles. The molecule has 7 heteroatoms. The van der Waals surface area contributed by atoms with Crippen LogP contribution in [0.2, 0.25) is 0 Å². The summed E-state index contributed by atoms with van der Waals surface area (Å²) < 4.78 is 0. The van der Waals surface area contributed by atoms with Crippen LogP contribution in [0.25, 0.3) is 0 Å². The molecule has 0 fully saturated rings. The molecule has 2 amide bonds. The Balaban J connectivity index is 2.67. The first kappa shape index (κ1) is 15.6. The Morgan fingerprint density at radius 3 is 2.68 bits per heavy atom. The number of nitrogens with two attached hydrogens (primary N) is 1. The zero-order valence-electron chi connectivity index (χ0n) is 10.9. The predicted octanol–water partition coefficient (Wildman–Crippen LogP) is 0.887. The maximum atomic E-state index is 12.1. The van der Waals surface area contributed by atoms with Crippen molar-refractivity contribution in [3.05, 3.63) is 22.4 Å². The fraction of sp³-hybridized carbons (Fsp3) is 0.417. The molecule has 0 unspecified atom stereocenters. The molecule has 19 heavy (non-hydrogen) atoms. The van der Waals surface area contributed by atoms with Crippen molar-refractivity contribution in [3.63, 3.8) is 0 Å². The molecule has 0 aromatic carbocycles. The molecule has 0 aliphatic heterocycles. The summed E-state index contributed by atoms with van der Waals surface area (Å²) in [6, 6.07) is 3.78. The maximum Gasteiger partial charge on any atom is 0.312 e. The average molecular weight is 299 g/mol. The zero-order valence-corrected chi connectivity index (χ0v) is 12.5. The smallest absolute Gasteiger partial charge is 0.312 e. The highest BCUT2D eigenvalue weighted by Crippen LogP contribution is 2.14. The highest BCUT2D eigenvalue weighted by molar-refractivity contribution is 7.80. The highest BCUT2D eigenvalue weighted by atomic mass is 32.1. The Morgan fingerprint density at radius 2 is 2.21 bits per heavy atom. The lowest BCUT2D eigenvalue weighted by Crippen LogP contribution is -2.47. The highest BCUT2D eigenvalue weighted by Gasteiger charge is 2.24. The van der Waals surface area contributed by atoms with Gasteiger partial charge >= 0.3 is 11.8 Å². The minimum Gasteiger partial charge on any atom is -0.392 e. The third-order valence-electron chi connectivity index (χ3n) is 2.41. The van der Waals surface area contributed by atoms with Crippen molar-refractivity contribution >= 4 is 40.4 Å². The van der Waals surface area contributed by atoms with Crippen LogP contribution in [0, 0.1) is 0 Å². The quantitative estimate of drug-likeness (QED) is 0.625. The van der Waals surface area contributed by atoms with E-state index < -0.39 is 11.8 Å². The van der Waals surface area contributed by atoms with Gasteiger partial charge in [-0.3, -0.25) is 9.59 Å². The van der Waals surface area contributed by atoms with Gasteiger partial charge in [0.05, 0.1) is 18.1 Å². The van der Waals surface area contributed by atoms with Crippen LogP contribution in [0.5, 0.6) is 0 Å². The van der Waals surface area contributed by atoms with E-state index in [1.54, 1.807) is 11.3 Å². The van der Waals surface area contributed by atoms with E-state index in [0.717, 1.165) is 4.88 Å². The number of nitrogens with one attached hydrogen (secondary N) is 1. The fourth-order valence-corrected chi connectivity index (χ4v) is 2.21. The van der Waals surface area contributed by atoms with E-state index >= 15 is 0 Å². The largest absolute Gasteiger partial charge is 0.392 e. The Hall–Kier alpha value is -1.47. The Bertz CT molecular complexity index is 458. The fourth-order valence-electron chi connectivity index (χ4n) is 1.43. The van der Waals surface area contributed by atoms with Crippen molar-refractivity contribution in [2.24, 2.45) is 5.73 Å². The first-order valence-electron chi connectivity index (χ1n) is 5.81. The number of nitrogens with zero attached hydrogens (tertiary/aromatic N) is 1. The zero-order chi connectivity index (χ0) is 14.4. The number of carbonyl (C=O) groups is 2. The molecule has 1 aromatic heterocycles. The van der Waals surface area contributed by atoms with E-state index in [2.05, 4.69) is 17.5 Å². The summed E-state index contributed by atoms with van der Waals surface area (Å²) in [5.74, 6) is -1.25. The SMILES string of the molecule is CC(C)N(Cc1cccs1)C(=O)C(=O)NCC(N)=S. The molecule has 104 valence electrons. The molecule has 0 saturated heterocycles. The molecular weight excluding hydrogens is 282 g/mol. The lowest BCUT2D eigenvalue weighted by molar-refractivity contribution is -0.147. The van der Waals surface area contributed by atoms with E-state index in [1.807, 2.05) is 31.4 Å². The first-order valence-corrected chi connectivity index (χ1v) is 7.10. The number of thiophene rings is 1. The summed E-state index contributed by atoms with van der Waals surface area (Å²) in [5, 5.41) is 4.34. The standard InChI is InChI=1S/C12H17N3O2S2/c1-8(2)15(7-9-4-3-5-19-9)12(17)11(16)14-6-10(13)18/h3-5,8H,6-7H2,1-2H3,(H2,13,18)(H,14,16). The van der Waals surface area contributed by atoms with Gasteiger partial charge in [0.15, 0.2) is 0 Å². The lowest BCUT2D eigenvalue weighted by atomic mass is 10.3. The molecular formula is C12H17N3O2S2. The maximum absolute atomic E-state index is 12.1. The number of carbonyl (C=O) groups excluding carboxylic acids is 2. The third kappa shape index (κ3) is 4.96. The van der Waals surface area contributed by atoms with Crippen molar-refractivity contribution in [2.75, 3.05) is 6.54 Å². The molecule has 0 bridgehead atoms. The molecule has 1 aromatic rings. The van der Waals surface area contributed by atoms with Gasteiger partial charge in [0, 0.05) is 10.9 Å². The molecule has 0 saturated carbocycles. The molecule has 0 radical (unpaired) electrons. The van der Waals surface area contributed by atoms with Gasteiger partial charge in [0.2, 0.25) is 0 Å². The van der Waals surface area contributed by atoms with E-state index in [1.165, 1.54) is 4.90 Å². The van der Waals surface area contributed by atoms with Gasteiger partial charge in [0.25, 0.3) is 0 Å². The Kier molecular flexibility index (Phi) is 5.91. The van der Waals surface area contributed by atoms with Gasteiger partial charge in [-0.15, -0.1) is 11.3 Å². The van der Waals surface area contributed by atoms with Crippen LogP contribution in [0.4, 0.5) is 0 Å². The van der Waals surface area contributed by atoms with Crippen LogP contribution in [-0.2, 0) is 16.1 Å². The van der Waals surface area contributed by atoms with Gasteiger partial charge in [-0.1, -0.05) is 18.3 Å². The van der Waals surface area contributed by atoms with Crippen molar-refractivity contribution in [2.45, 2.75) is 26.4 Å². The lowest BCUT2D eigenvalue weighted by Gasteiger charge is -2.25. The number of thiocarbonyl (C=S) groups is 1. The van der Waals surface area contributed by atoms with E-state index in [-0.39, 0.29) is 17.6 Å². The molecule has 0 aliphatic rings. The van der Waals surface area contributed by atoms with Crippen molar-refractivity contribution in [1.82, 2.24) is 10.2 Å². The van der Waals surface area contributed by atoms with Crippen molar-refractivity contribution in [3.8, 4) is 0 Å². The predicted molar refractivity (Wildman–Crippen MR) is 79.8 cm³/mol. The van der Waals surface area contributed by atoms with E-state index in [9.17, 15) is 9.59 Å². The third-order valence-corrected chi connectivity index (χ3v) is 3.41. The molecule has 0 spiro atoms. The first-order chi connectivity index (χ1) is 8.91. The van der Waals surface area contributed by atoms with Crippen LogP contribution < -0.4 is 11.1 Å². The van der Waals surface area contributed by atoms with Gasteiger partial charge < -0.3 is 16.0 Å². The van der Waals surface area contributed by atoms with Gasteiger partial charge in [0.1, 0.15) is 0 Å². The Morgan fingerprint density at radius 1 is 1.53 bits per heavy atom. The summed E-state index contributed by atoms with van der Waals surface area (Å²) in [7, 11) is 0. The summed E-state index contributed by atoms with van der Waals surface area (Å²) in [6.07, 6.45) is 0. The Labute approximate surface area is 121 Å². The minimum absolute atomic E-state index is 0.0326. The second-order valence-electron chi connectivity index (χ2n) is 4.26. The molecule has 5 nitrogen and oxygen atoms in total. The normalized spacial score (nSPS) is 10.3. The molecule has 3 N–H and O–H groups in total. The topological polar surface area (TPSA) is 75.4 Å². The summed E-state index contributed by atoms with van der Waals surface area (Å²) in [6.45, 7) is 4.19. The molecule has 0 atom stereocenters. The number of hydrogen-bond acceptors (Lipinski definition) is 4. The van der Waals surface area contributed by atoms with Crippen LogP contribution in [-0.4, -0.2) is 34.3 Å².